The van der Waals surface area contributed by atoms with Crippen molar-refractivity contribution >= 4 is 21.8 Å². The standard InChI is InChI=1S/C32H20N4/c1-21-14-29(26-9-5-8-25(18-26)24-6-3-2-4-7-24)35-32(15-21)36-30-12-10-22(19-33)16-27(30)28-17-23(20-34)11-13-31(28)36/h2-18H,1H3. The van der Waals surface area contributed by atoms with E-state index in [4.69, 9.17) is 4.98 Å². The summed E-state index contributed by atoms with van der Waals surface area (Å²) in [6.07, 6.45) is 0. The molecule has 0 fully saturated rings. The van der Waals surface area contributed by atoms with Crippen LogP contribution >= 0.6 is 0 Å². The van der Waals surface area contributed by atoms with Crippen LogP contribution in [0.3, 0.4) is 0 Å². The molecule has 0 saturated heterocycles. The molecule has 0 aliphatic carbocycles. The van der Waals surface area contributed by atoms with Crippen molar-refractivity contribution in [2.75, 3.05) is 0 Å². The molecule has 36 heavy (non-hydrogen) atoms. The Labute approximate surface area is 208 Å². The molecule has 4 heteroatoms. The Balaban J connectivity index is 1.58. The SMILES string of the molecule is Cc1cc(-c2cccc(-c3ccccc3)c2)nc(-n2c3ccc(C#N)cc3c3cc(C#N)ccc32)c1. The molecule has 0 N–H and O–H groups in total. The summed E-state index contributed by atoms with van der Waals surface area (Å²) in [5, 5.41) is 20.8. The van der Waals surface area contributed by atoms with Gasteiger partial charge in [-0.1, -0.05) is 48.5 Å². The lowest BCUT2D eigenvalue weighted by atomic mass is 10.0. The van der Waals surface area contributed by atoms with Crippen molar-refractivity contribution in [1.82, 2.24) is 9.55 Å². The Morgan fingerprint density at radius 1 is 0.611 bits per heavy atom. The molecular formula is C32H20N4. The highest BCUT2D eigenvalue weighted by Gasteiger charge is 2.16. The molecule has 0 aliphatic rings. The summed E-state index contributed by atoms with van der Waals surface area (Å²) < 4.78 is 2.12. The van der Waals surface area contributed by atoms with Crippen LogP contribution < -0.4 is 0 Å². The van der Waals surface area contributed by atoms with Crippen molar-refractivity contribution in [3.05, 3.63) is 120 Å². The van der Waals surface area contributed by atoms with Crippen LogP contribution in [0.5, 0.6) is 0 Å². The van der Waals surface area contributed by atoms with Crippen molar-refractivity contribution in [1.29, 1.82) is 10.5 Å². The van der Waals surface area contributed by atoms with E-state index in [2.05, 4.69) is 72.2 Å². The van der Waals surface area contributed by atoms with E-state index in [1.807, 2.05) is 54.6 Å². The van der Waals surface area contributed by atoms with Crippen LogP contribution in [0.4, 0.5) is 0 Å². The fourth-order valence-corrected chi connectivity index (χ4v) is 4.81. The number of nitrogens with zero attached hydrogens (tertiary/aromatic N) is 4. The molecule has 0 unspecified atom stereocenters. The lowest BCUT2D eigenvalue weighted by molar-refractivity contribution is 1.07. The maximum Gasteiger partial charge on any atom is 0.138 e. The molecule has 6 rings (SSSR count). The molecule has 0 bridgehead atoms. The van der Waals surface area contributed by atoms with Crippen LogP contribution in [0, 0.1) is 29.6 Å². The molecule has 168 valence electrons. The number of hydrogen-bond donors (Lipinski definition) is 0. The predicted octanol–water partition coefficient (Wildman–Crippen LogP) is 7.56. The summed E-state index contributed by atoms with van der Waals surface area (Å²) in [6.45, 7) is 2.07. The third kappa shape index (κ3) is 3.59. The molecule has 0 atom stereocenters. The van der Waals surface area contributed by atoms with E-state index in [1.165, 1.54) is 0 Å². The van der Waals surface area contributed by atoms with Gasteiger partial charge in [-0.15, -0.1) is 0 Å². The summed E-state index contributed by atoms with van der Waals surface area (Å²) in [5.74, 6) is 0.796. The van der Waals surface area contributed by atoms with Crippen LogP contribution in [0.2, 0.25) is 0 Å². The fourth-order valence-electron chi connectivity index (χ4n) is 4.81. The van der Waals surface area contributed by atoms with E-state index in [-0.39, 0.29) is 0 Å². The topological polar surface area (TPSA) is 65.4 Å². The predicted molar refractivity (Wildman–Crippen MR) is 144 cm³/mol. The van der Waals surface area contributed by atoms with Gasteiger partial charge in [0.05, 0.1) is 40.0 Å². The van der Waals surface area contributed by atoms with Gasteiger partial charge in [0.25, 0.3) is 0 Å². The van der Waals surface area contributed by atoms with Crippen molar-refractivity contribution in [2.45, 2.75) is 6.92 Å². The van der Waals surface area contributed by atoms with Crippen molar-refractivity contribution < 1.29 is 0 Å². The number of benzene rings is 4. The zero-order chi connectivity index (χ0) is 24.6. The molecule has 0 aliphatic heterocycles. The zero-order valence-electron chi connectivity index (χ0n) is 19.6. The number of pyridine rings is 1. The van der Waals surface area contributed by atoms with E-state index in [0.717, 1.165) is 55.6 Å². The van der Waals surface area contributed by atoms with Crippen molar-refractivity contribution in [3.8, 4) is 40.3 Å². The number of aromatic nitrogens is 2. The highest BCUT2D eigenvalue weighted by Crippen LogP contribution is 2.34. The second-order valence-corrected chi connectivity index (χ2v) is 8.86. The minimum absolute atomic E-state index is 0.583. The van der Waals surface area contributed by atoms with E-state index < -0.39 is 0 Å². The van der Waals surface area contributed by atoms with Crippen molar-refractivity contribution in [3.63, 3.8) is 0 Å². The second kappa shape index (κ2) is 8.55. The maximum absolute atomic E-state index is 9.48. The largest absolute Gasteiger partial charge is 0.294 e. The molecule has 4 nitrogen and oxygen atoms in total. The zero-order valence-corrected chi connectivity index (χ0v) is 19.6. The summed E-state index contributed by atoms with van der Waals surface area (Å²) in [7, 11) is 0. The summed E-state index contributed by atoms with van der Waals surface area (Å²) >= 11 is 0. The molecule has 2 aromatic heterocycles. The summed E-state index contributed by atoms with van der Waals surface area (Å²) in [6, 6.07) is 38.7. The van der Waals surface area contributed by atoms with Gasteiger partial charge in [-0.25, -0.2) is 4.98 Å². The first-order valence-corrected chi connectivity index (χ1v) is 11.7. The molecule has 0 amide bonds. The molecule has 0 spiro atoms. The van der Waals surface area contributed by atoms with Gasteiger partial charge in [-0.05, 0) is 78.2 Å². The fraction of sp³-hybridized carbons (Fsp3) is 0.0312. The quantitative estimate of drug-likeness (QED) is 0.274. The van der Waals surface area contributed by atoms with Gasteiger partial charge >= 0.3 is 0 Å². The molecule has 0 saturated carbocycles. The Kier molecular flexibility index (Phi) is 5.07. The first kappa shape index (κ1) is 21.4. The Bertz CT molecular complexity index is 1790. The van der Waals surface area contributed by atoms with Gasteiger partial charge in [0.15, 0.2) is 0 Å². The van der Waals surface area contributed by atoms with Crippen LogP contribution in [0.1, 0.15) is 16.7 Å². The first-order valence-electron chi connectivity index (χ1n) is 11.7. The van der Waals surface area contributed by atoms with E-state index in [0.29, 0.717) is 11.1 Å². The number of fused-ring (bicyclic) bond motifs is 3. The Morgan fingerprint density at radius 3 is 1.86 bits per heavy atom. The van der Waals surface area contributed by atoms with Gasteiger partial charge in [-0.2, -0.15) is 10.5 Å². The third-order valence-electron chi connectivity index (χ3n) is 6.47. The number of rotatable bonds is 3. The van der Waals surface area contributed by atoms with Gasteiger partial charge in [0, 0.05) is 16.3 Å². The van der Waals surface area contributed by atoms with Crippen LogP contribution in [0.15, 0.2) is 103 Å². The average Bonchev–Trinajstić information content (AvgIpc) is 3.26. The normalized spacial score (nSPS) is 10.9. The Hall–Kier alpha value is -5.19. The van der Waals surface area contributed by atoms with Gasteiger partial charge in [0.1, 0.15) is 5.82 Å². The maximum atomic E-state index is 9.48. The smallest absolute Gasteiger partial charge is 0.138 e. The molecule has 6 aromatic rings. The number of hydrogen-bond acceptors (Lipinski definition) is 3. The van der Waals surface area contributed by atoms with Crippen LogP contribution in [-0.2, 0) is 0 Å². The molecule has 0 radical (unpaired) electrons. The van der Waals surface area contributed by atoms with E-state index in [9.17, 15) is 10.5 Å². The lowest BCUT2D eigenvalue weighted by Gasteiger charge is -2.12. The minimum atomic E-state index is 0.583. The monoisotopic (exact) mass is 460 g/mol. The Morgan fingerprint density at radius 2 is 1.22 bits per heavy atom. The van der Waals surface area contributed by atoms with Gasteiger partial charge < -0.3 is 0 Å². The van der Waals surface area contributed by atoms with Crippen LogP contribution in [-0.4, -0.2) is 9.55 Å². The first-order chi connectivity index (χ1) is 17.6. The summed E-state index contributed by atoms with van der Waals surface area (Å²) in [5.41, 5.74) is 8.39. The third-order valence-corrected chi connectivity index (χ3v) is 6.47. The highest BCUT2D eigenvalue weighted by molar-refractivity contribution is 6.10. The number of aryl methyl sites for hydroxylation is 1. The van der Waals surface area contributed by atoms with Crippen molar-refractivity contribution in [2.24, 2.45) is 0 Å². The molecule has 4 aromatic carbocycles. The molecule has 2 heterocycles. The van der Waals surface area contributed by atoms with E-state index in [1.54, 1.807) is 0 Å². The minimum Gasteiger partial charge on any atom is -0.294 e. The van der Waals surface area contributed by atoms with E-state index >= 15 is 0 Å². The second-order valence-electron chi connectivity index (χ2n) is 8.86. The lowest BCUT2D eigenvalue weighted by Crippen LogP contribution is -2.00. The number of nitriles is 2. The van der Waals surface area contributed by atoms with Crippen LogP contribution in [0.25, 0.3) is 50.0 Å². The van der Waals surface area contributed by atoms with Gasteiger partial charge in [0.2, 0.25) is 0 Å². The average molecular weight is 461 g/mol. The molecular weight excluding hydrogens is 440 g/mol. The highest BCUT2D eigenvalue weighted by atomic mass is 15.1. The van der Waals surface area contributed by atoms with Gasteiger partial charge in [-0.3, -0.25) is 4.57 Å². The summed E-state index contributed by atoms with van der Waals surface area (Å²) in [4.78, 5) is 5.10.